The molecule has 0 aliphatic carbocycles. The number of nitrogens with two attached hydrogens (primary N) is 1. The monoisotopic (exact) mass is 424 g/mol. The van der Waals surface area contributed by atoms with Gasteiger partial charge >= 0.3 is 6.03 Å². The number of primary amides is 1. The normalized spacial score (nSPS) is 17.2. The molecule has 2 N–H and O–H groups in total. The molecule has 1 atom stereocenters. The maximum Gasteiger partial charge on any atom is 0.319 e. The van der Waals surface area contributed by atoms with E-state index in [-0.39, 0.29) is 5.75 Å². The van der Waals surface area contributed by atoms with Crippen LogP contribution in [0.4, 0.5) is 14.9 Å². The molecule has 0 unspecified atom stereocenters. The minimum Gasteiger partial charge on any atom is -0.484 e. The number of urea groups is 1. The van der Waals surface area contributed by atoms with Crippen molar-refractivity contribution in [2.75, 3.05) is 4.90 Å². The molecular formula is C24H29FN4O2. The fourth-order valence-electron chi connectivity index (χ4n) is 5.00. The lowest BCUT2D eigenvalue weighted by atomic mass is 9.80. The van der Waals surface area contributed by atoms with E-state index in [1.807, 2.05) is 31.3 Å². The van der Waals surface area contributed by atoms with Crippen LogP contribution < -0.4 is 15.4 Å². The number of hydrogen-bond donors (Lipinski definition) is 1. The lowest BCUT2D eigenvalue weighted by Gasteiger charge is -2.45. The van der Waals surface area contributed by atoms with Crippen LogP contribution in [0.25, 0.3) is 10.9 Å². The smallest absolute Gasteiger partial charge is 0.319 e. The van der Waals surface area contributed by atoms with Gasteiger partial charge in [-0.05, 0) is 31.0 Å². The average molecular weight is 425 g/mol. The van der Waals surface area contributed by atoms with Gasteiger partial charge < -0.3 is 10.5 Å². The van der Waals surface area contributed by atoms with Crippen molar-refractivity contribution < 1.29 is 13.9 Å². The van der Waals surface area contributed by atoms with Crippen LogP contribution >= 0.6 is 0 Å². The van der Waals surface area contributed by atoms with Crippen LogP contribution in [0.1, 0.15) is 57.6 Å². The Labute approximate surface area is 181 Å². The zero-order chi connectivity index (χ0) is 22.2. The van der Waals surface area contributed by atoms with Gasteiger partial charge in [0.1, 0.15) is 5.60 Å². The molecule has 2 heterocycles. The molecule has 4 rings (SSSR count). The van der Waals surface area contributed by atoms with Crippen LogP contribution in [0.3, 0.4) is 0 Å². The molecular weight excluding hydrogens is 395 g/mol. The van der Waals surface area contributed by atoms with Gasteiger partial charge in [-0.3, -0.25) is 9.58 Å². The van der Waals surface area contributed by atoms with Gasteiger partial charge in [-0.2, -0.15) is 5.10 Å². The minimum atomic E-state index is -0.583. The molecule has 2 aromatic carbocycles. The number of aromatic nitrogens is 2. The molecule has 2 amide bonds. The van der Waals surface area contributed by atoms with E-state index in [4.69, 9.17) is 10.5 Å². The molecule has 31 heavy (non-hydrogen) atoms. The molecule has 1 aliphatic rings. The average Bonchev–Trinajstić information content (AvgIpc) is 3.11. The SMILES string of the molecule is CCCC1(CCC)C[C@@H](N(C(N)=O)c2cccc3c2cnn3C)c2cccc(F)c2O1. The number of carbonyl (C=O) groups excluding carboxylic acids is 1. The van der Waals surface area contributed by atoms with Gasteiger partial charge in [-0.25, -0.2) is 9.18 Å². The Morgan fingerprint density at radius 3 is 2.65 bits per heavy atom. The first-order valence-electron chi connectivity index (χ1n) is 10.9. The second-order valence-corrected chi connectivity index (χ2v) is 8.35. The summed E-state index contributed by atoms with van der Waals surface area (Å²) in [7, 11) is 1.85. The van der Waals surface area contributed by atoms with E-state index in [1.165, 1.54) is 6.07 Å². The highest BCUT2D eigenvalue weighted by Gasteiger charge is 2.44. The molecule has 1 aromatic heterocycles. The summed E-state index contributed by atoms with van der Waals surface area (Å²) in [5, 5.41) is 5.17. The van der Waals surface area contributed by atoms with Crippen molar-refractivity contribution in [1.29, 1.82) is 0 Å². The number of carbonyl (C=O) groups is 1. The van der Waals surface area contributed by atoms with Gasteiger partial charge in [0.15, 0.2) is 11.6 Å². The summed E-state index contributed by atoms with van der Waals surface area (Å²) in [6.07, 6.45) is 5.61. The molecule has 1 aliphatic heterocycles. The number of benzene rings is 2. The molecule has 164 valence electrons. The standard InChI is InChI=1S/C24H29FN4O2/c1-4-12-24(13-5-2)14-21(16-8-6-9-18(25)22(16)31-24)29(23(26)30)20-11-7-10-19-17(20)15-27-28(19)3/h6-11,15,21H,4-5,12-14H2,1-3H3,(H2,26,30)/t21-/m1/s1. The second kappa shape index (κ2) is 8.21. The van der Waals surface area contributed by atoms with Crippen molar-refractivity contribution in [3.8, 4) is 5.75 Å². The number of fused-ring (bicyclic) bond motifs is 2. The second-order valence-electron chi connectivity index (χ2n) is 8.35. The largest absolute Gasteiger partial charge is 0.484 e. The quantitative estimate of drug-likeness (QED) is 0.571. The lowest BCUT2D eigenvalue weighted by Crippen LogP contribution is -2.48. The third-order valence-electron chi connectivity index (χ3n) is 6.23. The molecule has 0 saturated carbocycles. The number of nitrogens with zero attached hydrogens (tertiary/aromatic N) is 3. The topological polar surface area (TPSA) is 73.4 Å². The summed E-state index contributed by atoms with van der Waals surface area (Å²) >= 11 is 0. The van der Waals surface area contributed by atoms with Crippen molar-refractivity contribution in [2.45, 2.75) is 57.6 Å². The van der Waals surface area contributed by atoms with Gasteiger partial charge in [-0.15, -0.1) is 0 Å². The van der Waals surface area contributed by atoms with Gasteiger partial charge in [0.2, 0.25) is 0 Å². The Morgan fingerprint density at radius 1 is 1.26 bits per heavy atom. The fraction of sp³-hybridized carbons (Fsp3) is 0.417. The van der Waals surface area contributed by atoms with Crippen molar-refractivity contribution in [2.24, 2.45) is 12.8 Å². The number of anilines is 1. The van der Waals surface area contributed by atoms with E-state index in [1.54, 1.807) is 21.8 Å². The zero-order valence-corrected chi connectivity index (χ0v) is 18.3. The number of aryl methyl sites for hydroxylation is 1. The number of hydrogen-bond acceptors (Lipinski definition) is 3. The Balaban J connectivity index is 1.92. The minimum absolute atomic E-state index is 0.227. The highest BCUT2D eigenvalue weighted by Crippen LogP contribution is 2.49. The van der Waals surface area contributed by atoms with Crippen molar-refractivity contribution in [3.63, 3.8) is 0 Å². The molecule has 0 spiro atoms. The van der Waals surface area contributed by atoms with E-state index in [0.29, 0.717) is 17.7 Å². The first-order valence-corrected chi connectivity index (χ1v) is 10.9. The number of halogens is 1. The molecule has 6 nitrogen and oxygen atoms in total. The van der Waals surface area contributed by atoms with Crippen LogP contribution in [0.2, 0.25) is 0 Å². The van der Waals surface area contributed by atoms with E-state index < -0.39 is 23.5 Å². The number of para-hydroxylation sites is 1. The maximum atomic E-state index is 14.9. The first kappa shape index (κ1) is 21.2. The Bertz CT molecular complexity index is 1100. The highest BCUT2D eigenvalue weighted by atomic mass is 19.1. The molecule has 0 bridgehead atoms. The molecule has 3 aromatic rings. The Hall–Kier alpha value is -3.09. The van der Waals surface area contributed by atoms with Crippen LogP contribution in [-0.2, 0) is 7.05 Å². The van der Waals surface area contributed by atoms with Crippen molar-refractivity contribution >= 4 is 22.6 Å². The van der Waals surface area contributed by atoms with Crippen LogP contribution in [0.15, 0.2) is 42.6 Å². The predicted molar refractivity (Wildman–Crippen MR) is 120 cm³/mol. The van der Waals surface area contributed by atoms with Crippen molar-refractivity contribution in [1.82, 2.24) is 9.78 Å². The lowest BCUT2D eigenvalue weighted by molar-refractivity contribution is 0.0138. The van der Waals surface area contributed by atoms with E-state index in [0.717, 1.165) is 36.6 Å². The van der Waals surface area contributed by atoms with Crippen molar-refractivity contribution in [3.05, 3.63) is 54.0 Å². The summed E-state index contributed by atoms with van der Waals surface area (Å²) in [6.45, 7) is 4.18. The van der Waals surface area contributed by atoms with Crippen LogP contribution in [0, 0.1) is 5.82 Å². The summed E-state index contributed by atoms with van der Waals surface area (Å²) in [5.74, 6) is -0.187. The number of amides is 2. The number of rotatable bonds is 6. The van der Waals surface area contributed by atoms with Gasteiger partial charge in [0.25, 0.3) is 0 Å². The molecule has 7 heteroatoms. The van der Waals surface area contributed by atoms with E-state index >= 15 is 0 Å². The summed E-state index contributed by atoms with van der Waals surface area (Å²) in [5.41, 5.74) is 7.60. The third-order valence-corrected chi connectivity index (χ3v) is 6.23. The number of ether oxygens (including phenoxy) is 1. The Kier molecular flexibility index (Phi) is 5.60. The van der Waals surface area contributed by atoms with Crippen LogP contribution in [0.5, 0.6) is 5.75 Å². The van der Waals surface area contributed by atoms with Crippen LogP contribution in [-0.4, -0.2) is 21.4 Å². The van der Waals surface area contributed by atoms with E-state index in [2.05, 4.69) is 18.9 Å². The highest BCUT2D eigenvalue weighted by molar-refractivity contribution is 6.02. The van der Waals surface area contributed by atoms with E-state index in [9.17, 15) is 9.18 Å². The summed E-state index contributed by atoms with van der Waals surface area (Å²) in [6, 6.07) is 9.55. The maximum absolute atomic E-state index is 14.9. The molecule has 0 saturated heterocycles. The molecule has 0 fully saturated rings. The Morgan fingerprint density at radius 2 is 1.97 bits per heavy atom. The van der Waals surface area contributed by atoms with Gasteiger partial charge in [-0.1, -0.05) is 44.9 Å². The first-order chi connectivity index (χ1) is 14.9. The predicted octanol–water partition coefficient (Wildman–Crippen LogP) is 5.46. The summed E-state index contributed by atoms with van der Waals surface area (Å²) < 4.78 is 23.0. The molecule has 0 radical (unpaired) electrons. The zero-order valence-electron chi connectivity index (χ0n) is 18.3. The summed E-state index contributed by atoms with van der Waals surface area (Å²) in [4.78, 5) is 14.4. The van der Waals surface area contributed by atoms with Gasteiger partial charge in [0, 0.05) is 24.4 Å². The third kappa shape index (κ3) is 3.62. The fourth-order valence-corrected chi connectivity index (χ4v) is 5.00. The van der Waals surface area contributed by atoms with Gasteiger partial charge in [0.05, 0.1) is 23.4 Å².